The van der Waals surface area contributed by atoms with Crippen LogP contribution < -0.4 is 0 Å². The fourth-order valence-electron chi connectivity index (χ4n) is 0.385. The summed E-state index contributed by atoms with van der Waals surface area (Å²) >= 11 is 0. The van der Waals surface area contributed by atoms with Gasteiger partial charge in [0.05, 0.1) is 0 Å². The van der Waals surface area contributed by atoms with Crippen LogP contribution in [0.5, 0.6) is 0 Å². The molecule has 0 unspecified atom stereocenters. The van der Waals surface area contributed by atoms with Crippen LogP contribution in [0.25, 0.3) is 0 Å². The first-order valence-electron chi connectivity index (χ1n) is 4.73. The van der Waals surface area contributed by atoms with Crippen LogP contribution >= 0.6 is 0 Å². The number of hydrogen-bond acceptors (Lipinski definition) is 0. The predicted molar refractivity (Wildman–Crippen MR) is 71.8 cm³/mol. The summed E-state index contributed by atoms with van der Waals surface area (Å²) < 4.78 is 0. The Labute approximate surface area is 92.4 Å². The van der Waals surface area contributed by atoms with Crippen molar-refractivity contribution in [2.24, 2.45) is 5.92 Å². The number of hydrogen-bond donors (Lipinski definition) is 0. The normalized spacial score (nSPS) is 6.43. The van der Waals surface area contributed by atoms with E-state index in [-0.39, 0.29) is 14.9 Å². The van der Waals surface area contributed by atoms with Gasteiger partial charge in [-0.3, -0.25) is 0 Å². The number of rotatable bonds is 0. The van der Waals surface area contributed by atoms with E-state index in [9.17, 15) is 0 Å². The molecule has 0 radical (unpaired) electrons. The summed E-state index contributed by atoms with van der Waals surface area (Å²) in [6.07, 6.45) is 0. The molecule has 0 fully saturated rings. The summed E-state index contributed by atoms with van der Waals surface area (Å²) in [5.41, 5.74) is 0. The van der Waals surface area contributed by atoms with Crippen molar-refractivity contribution in [1.29, 1.82) is 0 Å². The lowest BCUT2D eigenvalue weighted by Gasteiger charge is -1.79. The third-order valence-electron chi connectivity index (χ3n) is 0.667. The molecule has 0 bridgehead atoms. The minimum absolute atomic E-state index is 0. The second-order valence-electron chi connectivity index (χ2n) is 2.89. The van der Waals surface area contributed by atoms with Gasteiger partial charge < -0.3 is 0 Å². The van der Waals surface area contributed by atoms with E-state index in [0.29, 0.717) is 0 Å². The van der Waals surface area contributed by atoms with E-state index in [2.05, 4.69) is 20.8 Å². The van der Waals surface area contributed by atoms with Crippen LogP contribution in [0.3, 0.4) is 0 Å². The molecule has 0 aliphatic rings. The highest BCUT2D eigenvalue weighted by Crippen LogP contribution is 1.81. The molecule has 1 rings (SSSR count). The summed E-state index contributed by atoms with van der Waals surface area (Å²) in [6, 6.07) is 12.0. The van der Waals surface area contributed by atoms with E-state index in [1.165, 1.54) is 0 Å². The fraction of sp³-hybridized carbons (Fsp3) is 0.571. The zero-order chi connectivity index (χ0) is 9.82. The molecule has 0 aromatic heterocycles. The molecule has 14 heavy (non-hydrogen) atoms. The van der Waals surface area contributed by atoms with Crippen LogP contribution in [0.2, 0.25) is 0 Å². The van der Waals surface area contributed by atoms with Gasteiger partial charge in [-0.1, -0.05) is 85.9 Å². The SMILES string of the molecule is C.C.CC.CC(C)C.c1ccccc1. The Hall–Kier alpha value is -0.780. The molecule has 0 heterocycles. The maximum absolute atomic E-state index is 2.17. The topological polar surface area (TPSA) is 0 Å². The first kappa shape index (κ1) is 23.2. The minimum Gasteiger partial charge on any atom is -0.0776 e. The van der Waals surface area contributed by atoms with Crippen LogP contribution in [-0.4, -0.2) is 0 Å². The standard InChI is InChI=1S/C6H6.C4H10.C2H6.2CH4/c1-2-4-6-5-3-1;1-4(2)3;1-2;;/h1-6H;4H,1-3H3;1-2H3;2*1H4. The van der Waals surface area contributed by atoms with Gasteiger partial charge in [-0.25, -0.2) is 0 Å². The van der Waals surface area contributed by atoms with Gasteiger partial charge in [-0.15, -0.1) is 0 Å². The average Bonchev–Trinajstić information content (AvgIpc) is 2.10. The zero-order valence-corrected chi connectivity index (χ0v) is 9.04. The van der Waals surface area contributed by atoms with Crippen molar-refractivity contribution in [2.45, 2.75) is 49.5 Å². The average molecular weight is 198 g/mol. The van der Waals surface area contributed by atoms with E-state index < -0.39 is 0 Å². The van der Waals surface area contributed by atoms with Crippen LogP contribution in [0.4, 0.5) is 0 Å². The van der Waals surface area contributed by atoms with Crippen LogP contribution in [0.15, 0.2) is 36.4 Å². The van der Waals surface area contributed by atoms with Gasteiger partial charge in [-0.2, -0.15) is 0 Å². The van der Waals surface area contributed by atoms with Gasteiger partial charge in [0.2, 0.25) is 0 Å². The molecule has 0 aliphatic carbocycles. The molecule has 0 heteroatoms. The van der Waals surface area contributed by atoms with Crippen molar-refractivity contribution in [2.75, 3.05) is 0 Å². The van der Waals surface area contributed by atoms with E-state index in [1.807, 2.05) is 50.2 Å². The molecule has 1 aromatic rings. The van der Waals surface area contributed by atoms with Gasteiger partial charge in [0, 0.05) is 0 Å². The summed E-state index contributed by atoms with van der Waals surface area (Å²) in [5.74, 6) is 0.833. The molecule has 0 saturated carbocycles. The highest BCUT2D eigenvalue weighted by Gasteiger charge is 1.68. The van der Waals surface area contributed by atoms with E-state index in [4.69, 9.17) is 0 Å². The van der Waals surface area contributed by atoms with Crippen LogP contribution in [0, 0.1) is 5.92 Å². The Morgan fingerprint density at radius 1 is 0.571 bits per heavy atom. The largest absolute Gasteiger partial charge is 0.0776 e. The van der Waals surface area contributed by atoms with Gasteiger partial charge >= 0.3 is 0 Å². The van der Waals surface area contributed by atoms with Gasteiger partial charge in [0.1, 0.15) is 0 Å². The quantitative estimate of drug-likeness (QED) is 0.505. The lowest BCUT2D eigenvalue weighted by molar-refractivity contribution is 0.737. The van der Waals surface area contributed by atoms with Crippen molar-refractivity contribution >= 4 is 0 Å². The maximum atomic E-state index is 2.17. The van der Waals surface area contributed by atoms with Gasteiger partial charge in [0.15, 0.2) is 0 Å². The Kier molecular flexibility index (Phi) is 37.8. The van der Waals surface area contributed by atoms with Crippen LogP contribution in [0.1, 0.15) is 49.5 Å². The molecule has 0 amide bonds. The molecule has 0 N–H and O–H groups in total. The van der Waals surface area contributed by atoms with Gasteiger partial charge in [0.25, 0.3) is 0 Å². The monoisotopic (exact) mass is 198 g/mol. The Bertz CT molecular complexity index is 101. The summed E-state index contributed by atoms with van der Waals surface area (Å²) in [5, 5.41) is 0. The first-order chi connectivity index (χ1) is 5.73. The third kappa shape index (κ3) is 43.0. The lowest BCUT2D eigenvalue weighted by atomic mass is 10.3. The third-order valence-corrected chi connectivity index (χ3v) is 0.667. The van der Waals surface area contributed by atoms with E-state index in [0.717, 1.165) is 5.92 Å². The van der Waals surface area contributed by atoms with Crippen molar-refractivity contribution in [3.8, 4) is 0 Å². The second kappa shape index (κ2) is 22.8. The van der Waals surface area contributed by atoms with Gasteiger partial charge in [-0.05, 0) is 5.92 Å². The summed E-state index contributed by atoms with van der Waals surface area (Å²) in [4.78, 5) is 0. The first-order valence-corrected chi connectivity index (χ1v) is 4.73. The molecule has 0 atom stereocenters. The molecular weight excluding hydrogens is 168 g/mol. The summed E-state index contributed by atoms with van der Waals surface area (Å²) in [6.45, 7) is 10.5. The smallest absolute Gasteiger partial charge is 0.0500 e. The van der Waals surface area contributed by atoms with E-state index >= 15 is 0 Å². The summed E-state index contributed by atoms with van der Waals surface area (Å²) in [7, 11) is 0. The van der Waals surface area contributed by atoms with Crippen molar-refractivity contribution in [3.63, 3.8) is 0 Å². The molecule has 0 aliphatic heterocycles. The second-order valence-corrected chi connectivity index (χ2v) is 2.89. The molecule has 86 valence electrons. The Morgan fingerprint density at radius 3 is 0.714 bits per heavy atom. The molecule has 0 nitrogen and oxygen atoms in total. The predicted octanol–water partition coefficient (Wildman–Crippen LogP) is 5.65. The van der Waals surface area contributed by atoms with Crippen molar-refractivity contribution < 1.29 is 0 Å². The highest BCUT2D eigenvalue weighted by molar-refractivity contribution is 4.99. The van der Waals surface area contributed by atoms with Crippen molar-refractivity contribution in [1.82, 2.24) is 0 Å². The van der Waals surface area contributed by atoms with Crippen LogP contribution in [-0.2, 0) is 0 Å². The lowest BCUT2D eigenvalue weighted by Crippen LogP contribution is -1.66. The Morgan fingerprint density at radius 2 is 0.643 bits per heavy atom. The number of benzene rings is 1. The molecular formula is C14H30. The Balaban J connectivity index is -0.0000000567. The van der Waals surface area contributed by atoms with E-state index in [1.54, 1.807) is 0 Å². The molecule has 0 saturated heterocycles. The highest BCUT2D eigenvalue weighted by atomic mass is 13.7. The maximum Gasteiger partial charge on any atom is -0.0500 e. The zero-order valence-electron chi connectivity index (χ0n) is 9.04. The molecule has 1 aromatic carbocycles. The minimum atomic E-state index is 0. The van der Waals surface area contributed by atoms with Crippen molar-refractivity contribution in [3.05, 3.63) is 36.4 Å². The fourth-order valence-corrected chi connectivity index (χ4v) is 0.385. The molecule has 0 spiro atoms.